The van der Waals surface area contributed by atoms with Crippen molar-refractivity contribution < 1.29 is 13.5 Å². The van der Waals surface area contributed by atoms with Crippen LogP contribution in [0, 0.1) is 11.8 Å². The standard InChI is InChI=1S/C9H17NO3S/c11-6-9-4-10(5-9)3-8-1-2-14(12,13)7-8/h8-9,11H,1-7H2. The molecular formula is C9H17NO3S. The molecule has 0 saturated carbocycles. The Hall–Kier alpha value is -0.130. The van der Waals surface area contributed by atoms with Crippen molar-refractivity contribution >= 4 is 9.84 Å². The van der Waals surface area contributed by atoms with Crippen molar-refractivity contribution in [2.45, 2.75) is 6.42 Å². The quantitative estimate of drug-likeness (QED) is 0.685. The highest BCUT2D eigenvalue weighted by atomic mass is 32.2. The Morgan fingerprint density at radius 1 is 1.29 bits per heavy atom. The Morgan fingerprint density at radius 2 is 2.00 bits per heavy atom. The largest absolute Gasteiger partial charge is 0.396 e. The van der Waals surface area contributed by atoms with Crippen LogP contribution in [-0.2, 0) is 9.84 Å². The summed E-state index contributed by atoms with van der Waals surface area (Å²) < 4.78 is 22.4. The van der Waals surface area contributed by atoms with Gasteiger partial charge in [-0.2, -0.15) is 0 Å². The third-order valence-electron chi connectivity index (χ3n) is 3.13. The molecule has 0 amide bonds. The molecule has 1 unspecified atom stereocenters. The van der Waals surface area contributed by atoms with Crippen molar-refractivity contribution in [1.82, 2.24) is 4.90 Å². The highest BCUT2D eigenvalue weighted by Gasteiger charge is 2.33. The van der Waals surface area contributed by atoms with Gasteiger partial charge in [-0.1, -0.05) is 0 Å². The minimum absolute atomic E-state index is 0.263. The molecular weight excluding hydrogens is 202 g/mol. The van der Waals surface area contributed by atoms with Gasteiger partial charge < -0.3 is 10.0 Å². The number of rotatable bonds is 3. The molecule has 2 saturated heterocycles. The van der Waals surface area contributed by atoms with Crippen LogP contribution in [0.1, 0.15) is 6.42 Å². The van der Waals surface area contributed by atoms with Gasteiger partial charge in [0, 0.05) is 32.2 Å². The third-order valence-corrected chi connectivity index (χ3v) is 4.97. The number of hydrogen-bond donors (Lipinski definition) is 1. The zero-order valence-electron chi connectivity index (χ0n) is 8.22. The van der Waals surface area contributed by atoms with E-state index in [-0.39, 0.29) is 6.61 Å². The number of aliphatic hydroxyl groups is 1. The van der Waals surface area contributed by atoms with Crippen LogP contribution in [0.4, 0.5) is 0 Å². The first kappa shape index (κ1) is 10.4. The number of nitrogens with zero attached hydrogens (tertiary/aromatic N) is 1. The van der Waals surface area contributed by atoms with Crippen LogP contribution in [0.3, 0.4) is 0 Å². The zero-order chi connectivity index (χ0) is 10.2. The summed E-state index contributed by atoms with van der Waals surface area (Å²) in [4.78, 5) is 2.24. The highest BCUT2D eigenvalue weighted by molar-refractivity contribution is 7.91. The molecule has 2 heterocycles. The first-order valence-corrected chi connectivity index (χ1v) is 6.95. The molecule has 2 aliphatic heterocycles. The fourth-order valence-corrected chi connectivity index (χ4v) is 4.17. The van der Waals surface area contributed by atoms with E-state index in [0.717, 1.165) is 26.1 Å². The van der Waals surface area contributed by atoms with Crippen molar-refractivity contribution in [2.75, 3.05) is 37.7 Å². The molecule has 82 valence electrons. The fourth-order valence-electron chi connectivity index (χ4n) is 2.32. The van der Waals surface area contributed by atoms with E-state index in [9.17, 15) is 8.42 Å². The summed E-state index contributed by atoms with van der Waals surface area (Å²) in [6, 6.07) is 0. The highest BCUT2D eigenvalue weighted by Crippen LogP contribution is 2.23. The normalized spacial score (nSPS) is 33.1. The van der Waals surface area contributed by atoms with E-state index in [1.165, 1.54) is 0 Å². The molecule has 5 heteroatoms. The van der Waals surface area contributed by atoms with Crippen molar-refractivity contribution in [1.29, 1.82) is 0 Å². The lowest BCUT2D eigenvalue weighted by Gasteiger charge is -2.39. The summed E-state index contributed by atoms with van der Waals surface area (Å²) >= 11 is 0. The minimum Gasteiger partial charge on any atom is -0.396 e. The van der Waals surface area contributed by atoms with Crippen LogP contribution >= 0.6 is 0 Å². The lowest BCUT2D eigenvalue weighted by Crippen LogP contribution is -2.50. The summed E-state index contributed by atoms with van der Waals surface area (Å²) in [5, 5.41) is 8.83. The fraction of sp³-hybridized carbons (Fsp3) is 1.00. The summed E-state index contributed by atoms with van der Waals surface area (Å²) in [5.74, 6) is 1.50. The predicted octanol–water partition coefficient (Wildman–Crippen LogP) is -0.655. The van der Waals surface area contributed by atoms with Crippen LogP contribution in [0.5, 0.6) is 0 Å². The third kappa shape index (κ3) is 2.27. The second-order valence-electron chi connectivity index (χ2n) is 4.54. The molecule has 0 aliphatic carbocycles. The summed E-state index contributed by atoms with van der Waals surface area (Å²) in [7, 11) is -2.72. The molecule has 0 spiro atoms. The molecule has 0 radical (unpaired) electrons. The van der Waals surface area contributed by atoms with Crippen molar-refractivity contribution in [3.05, 3.63) is 0 Å². The molecule has 0 aromatic carbocycles. The van der Waals surface area contributed by atoms with Gasteiger partial charge in [-0.25, -0.2) is 8.42 Å². The summed E-state index contributed by atoms with van der Waals surface area (Å²) in [6.07, 6.45) is 0.822. The van der Waals surface area contributed by atoms with E-state index in [1.807, 2.05) is 0 Å². The molecule has 2 aliphatic rings. The maximum atomic E-state index is 11.2. The monoisotopic (exact) mass is 219 g/mol. The smallest absolute Gasteiger partial charge is 0.150 e. The number of sulfone groups is 1. The van der Waals surface area contributed by atoms with Crippen molar-refractivity contribution in [3.63, 3.8) is 0 Å². The molecule has 0 aromatic heterocycles. The van der Waals surface area contributed by atoms with Crippen LogP contribution in [0.25, 0.3) is 0 Å². The molecule has 4 nitrogen and oxygen atoms in total. The number of aliphatic hydroxyl groups excluding tert-OH is 1. The second kappa shape index (κ2) is 3.79. The van der Waals surface area contributed by atoms with Crippen LogP contribution in [0.15, 0.2) is 0 Å². The van der Waals surface area contributed by atoms with E-state index >= 15 is 0 Å². The lowest BCUT2D eigenvalue weighted by molar-refractivity contribution is 0.0442. The van der Waals surface area contributed by atoms with Gasteiger partial charge in [0.1, 0.15) is 0 Å². The molecule has 0 bridgehead atoms. The summed E-state index contributed by atoms with van der Waals surface area (Å²) in [5.41, 5.74) is 0. The first-order valence-electron chi connectivity index (χ1n) is 5.13. The summed E-state index contributed by atoms with van der Waals surface area (Å²) in [6.45, 7) is 3.04. The molecule has 2 rings (SSSR count). The van der Waals surface area contributed by atoms with Gasteiger partial charge in [0.2, 0.25) is 0 Å². The van der Waals surface area contributed by atoms with Crippen LogP contribution in [-0.4, -0.2) is 56.2 Å². The maximum absolute atomic E-state index is 11.2. The van der Waals surface area contributed by atoms with E-state index in [4.69, 9.17) is 5.11 Å². The Kier molecular flexibility index (Phi) is 2.81. The number of likely N-dealkylation sites (tertiary alicyclic amines) is 1. The molecule has 14 heavy (non-hydrogen) atoms. The van der Waals surface area contributed by atoms with Gasteiger partial charge in [0.05, 0.1) is 11.5 Å². The average Bonchev–Trinajstić information content (AvgIpc) is 2.37. The van der Waals surface area contributed by atoms with Gasteiger partial charge in [0.15, 0.2) is 9.84 Å². The van der Waals surface area contributed by atoms with Gasteiger partial charge in [-0.05, 0) is 12.3 Å². The second-order valence-corrected chi connectivity index (χ2v) is 6.76. The Bertz CT molecular complexity index is 295. The lowest BCUT2D eigenvalue weighted by atomic mass is 9.98. The molecule has 1 atom stereocenters. The van der Waals surface area contributed by atoms with Crippen molar-refractivity contribution in [3.8, 4) is 0 Å². The van der Waals surface area contributed by atoms with Crippen LogP contribution in [0.2, 0.25) is 0 Å². The van der Waals surface area contributed by atoms with Gasteiger partial charge in [0.25, 0.3) is 0 Å². The SMILES string of the molecule is O=S1(=O)CCC(CN2CC(CO)C2)C1. The van der Waals surface area contributed by atoms with E-state index in [2.05, 4.69) is 4.90 Å². The topological polar surface area (TPSA) is 57.6 Å². The van der Waals surface area contributed by atoms with Crippen molar-refractivity contribution in [2.24, 2.45) is 11.8 Å². The van der Waals surface area contributed by atoms with Gasteiger partial charge >= 0.3 is 0 Å². The average molecular weight is 219 g/mol. The Morgan fingerprint density at radius 3 is 2.50 bits per heavy atom. The zero-order valence-corrected chi connectivity index (χ0v) is 9.04. The van der Waals surface area contributed by atoms with Gasteiger partial charge in [-0.15, -0.1) is 0 Å². The number of hydrogen-bond acceptors (Lipinski definition) is 4. The maximum Gasteiger partial charge on any atom is 0.150 e. The molecule has 0 aromatic rings. The Labute approximate surface area is 84.8 Å². The van der Waals surface area contributed by atoms with E-state index in [0.29, 0.717) is 23.3 Å². The molecule has 2 fully saturated rings. The van der Waals surface area contributed by atoms with E-state index in [1.54, 1.807) is 0 Å². The first-order chi connectivity index (χ1) is 6.59. The van der Waals surface area contributed by atoms with E-state index < -0.39 is 9.84 Å². The molecule has 1 N–H and O–H groups in total. The predicted molar refractivity (Wildman–Crippen MR) is 53.8 cm³/mol. The Balaban J connectivity index is 1.73. The van der Waals surface area contributed by atoms with Crippen LogP contribution < -0.4 is 0 Å². The van der Waals surface area contributed by atoms with Gasteiger partial charge in [-0.3, -0.25) is 0 Å². The minimum atomic E-state index is -2.72.